The zero-order valence-electron chi connectivity index (χ0n) is 8.30. The second-order valence-electron chi connectivity index (χ2n) is 2.83. The summed E-state index contributed by atoms with van der Waals surface area (Å²) in [4.78, 5) is 6.67. The van der Waals surface area contributed by atoms with E-state index in [1.807, 2.05) is 6.92 Å². The van der Waals surface area contributed by atoms with Crippen molar-refractivity contribution in [2.24, 2.45) is 5.11 Å². The molecule has 0 unspecified atom stereocenters. The Morgan fingerprint density at radius 3 is 3.13 bits per heavy atom. The van der Waals surface area contributed by atoms with Crippen molar-refractivity contribution in [1.82, 2.24) is 4.98 Å². The lowest BCUT2D eigenvalue weighted by Gasteiger charge is -1.96. The van der Waals surface area contributed by atoms with Crippen LogP contribution in [0.15, 0.2) is 17.2 Å². The molecule has 0 saturated carbocycles. The quantitative estimate of drug-likeness (QED) is 0.262. The molecule has 0 spiro atoms. The normalized spacial score (nSPS) is 8.60. The van der Waals surface area contributed by atoms with Gasteiger partial charge in [0.1, 0.15) is 5.75 Å². The SMILES string of the molecule is Cc1ccc(O)c(C#CCCN=[N+]=[N-])n1. The molecule has 0 aliphatic heterocycles. The van der Waals surface area contributed by atoms with Crippen LogP contribution in [-0.4, -0.2) is 16.6 Å². The summed E-state index contributed by atoms with van der Waals surface area (Å²) in [5.41, 5.74) is 9.18. The van der Waals surface area contributed by atoms with E-state index in [4.69, 9.17) is 5.53 Å². The van der Waals surface area contributed by atoms with E-state index in [1.165, 1.54) is 0 Å². The molecule has 1 aromatic rings. The molecule has 1 N–H and O–H groups in total. The van der Waals surface area contributed by atoms with Gasteiger partial charge in [0.2, 0.25) is 0 Å². The molecule has 0 fully saturated rings. The lowest BCUT2D eigenvalue weighted by Crippen LogP contribution is -1.86. The highest BCUT2D eigenvalue weighted by Crippen LogP contribution is 2.12. The lowest BCUT2D eigenvalue weighted by atomic mass is 10.3. The highest BCUT2D eigenvalue weighted by atomic mass is 16.3. The zero-order chi connectivity index (χ0) is 11.1. The van der Waals surface area contributed by atoms with Gasteiger partial charge in [-0.05, 0) is 30.5 Å². The lowest BCUT2D eigenvalue weighted by molar-refractivity contribution is 0.470. The van der Waals surface area contributed by atoms with Crippen molar-refractivity contribution in [2.45, 2.75) is 13.3 Å². The van der Waals surface area contributed by atoms with Gasteiger partial charge in [-0.25, -0.2) is 4.98 Å². The number of hydrogen-bond donors (Lipinski definition) is 1. The van der Waals surface area contributed by atoms with Gasteiger partial charge < -0.3 is 5.11 Å². The summed E-state index contributed by atoms with van der Waals surface area (Å²) in [7, 11) is 0. The van der Waals surface area contributed by atoms with E-state index in [1.54, 1.807) is 12.1 Å². The van der Waals surface area contributed by atoms with Crippen LogP contribution < -0.4 is 0 Å². The minimum atomic E-state index is 0.0666. The summed E-state index contributed by atoms with van der Waals surface area (Å²) >= 11 is 0. The number of azide groups is 1. The van der Waals surface area contributed by atoms with E-state index in [2.05, 4.69) is 26.9 Å². The van der Waals surface area contributed by atoms with Crippen molar-refractivity contribution >= 4 is 0 Å². The van der Waals surface area contributed by atoms with Gasteiger partial charge in [0.25, 0.3) is 0 Å². The number of aryl methyl sites for hydroxylation is 1. The maximum atomic E-state index is 9.39. The van der Waals surface area contributed by atoms with Crippen molar-refractivity contribution in [3.05, 3.63) is 34.0 Å². The largest absolute Gasteiger partial charge is 0.505 e. The van der Waals surface area contributed by atoms with E-state index in [0.717, 1.165) is 5.69 Å². The van der Waals surface area contributed by atoms with Crippen molar-refractivity contribution in [3.63, 3.8) is 0 Å². The van der Waals surface area contributed by atoms with Gasteiger partial charge >= 0.3 is 0 Å². The van der Waals surface area contributed by atoms with Crippen molar-refractivity contribution in [2.75, 3.05) is 6.54 Å². The molecule has 1 rings (SSSR count). The molecule has 0 atom stereocenters. The maximum Gasteiger partial charge on any atom is 0.155 e. The number of nitrogens with zero attached hydrogens (tertiary/aromatic N) is 4. The minimum absolute atomic E-state index is 0.0666. The molecule has 1 aromatic heterocycles. The summed E-state index contributed by atoms with van der Waals surface area (Å²) in [6.07, 6.45) is 0.457. The molecule has 1 heterocycles. The summed E-state index contributed by atoms with van der Waals surface area (Å²) in [6, 6.07) is 3.26. The molecular weight excluding hydrogens is 192 g/mol. The third-order valence-electron chi connectivity index (χ3n) is 1.62. The van der Waals surface area contributed by atoms with Gasteiger partial charge in [-0.2, -0.15) is 0 Å². The Morgan fingerprint density at radius 2 is 2.40 bits per heavy atom. The molecule has 0 aromatic carbocycles. The van der Waals surface area contributed by atoms with Crippen molar-refractivity contribution in [3.8, 4) is 17.6 Å². The van der Waals surface area contributed by atoms with E-state index in [0.29, 0.717) is 18.7 Å². The van der Waals surface area contributed by atoms with Crippen LogP contribution in [0.25, 0.3) is 10.4 Å². The van der Waals surface area contributed by atoms with Crippen molar-refractivity contribution < 1.29 is 5.11 Å². The van der Waals surface area contributed by atoms with Gasteiger partial charge in [0.15, 0.2) is 5.69 Å². The van der Waals surface area contributed by atoms with E-state index < -0.39 is 0 Å². The van der Waals surface area contributed by atoms with E-state index in [-0.39, 0.29) is 5.75 Å². The van der Waals surface area contributed by atoms with Crippen LogP contribution in [0.1, 0.15) is 17.8 Å². The van der Waals surface area contributed by atoms with E-state index in [9.17, 15) is 5.11 Å². The van der Waals surface area contributed by atoms with Crippen LogP contribution >= 0.6 is 0 Å². The molecule has 0 radical (unpaired) electrons. The smallest absolute Gasteiger partial charge is 0.155 e. The number of aromatic hydroxyl groups is 1. The van der Waals surface area contributed by atoms with Gasteiger partial charge in [-0.3, -0.25) is 0 Å². The first-order chi connectivity index (χ1) is 7.24. The highest BCUT2D eigenvalue weighted by molar-refractivity contribution is 5.40. The van der Waals surface area contributed by atoms with Gasteiger partial charge in [0, 0.05) is 23.6 Å². The van der Waals surface area contributed by atoms with Crippen molar-refractivity contribution in [1.29, 1.82) is 0 Å². The first-order valence-electron chi connectivity index (χ1n) is 4.40. The molecule has 5 nitrogen and oxygen atoms in total. The summed E-state index contributed by atoms with van der Waals surface area (Å²) in [6.45, 7) is 2.15. The third kappa shape index (κ3) is 3.59. The Kier molecular flexibility index (Phi) is 4.02. The number of hydrogen-bond acceptors (Lipinski definition) is 3. The second kappa shape index (κ2) is 5.53. The van der Waals surface area contributed by atoms with Crippen LogP contribution in [0.3, 0.4) is 0 Å². The molecule has 0 aliphatic carbocycles. The zero-order valence-corrected chi connectivity index (χ0v) is 8.30. The van der Waals surface area contributed by atoms with Crippen LogP contribution in [0.5, 0.6) is 5.75 Å². The molecule has 0 aliphatic rings. The average molecular weight is 202 g/mol. The fourth-order valence-corrected chi connectivity index (χ4v) is 0.938. The second-order valence-corrected chi connectivity index (χ2v) is 2.83. The first kappa shape index (κ1) is 10.9. The van der Waals surface area contributed by atoms with Gasteiger partial charge in [-0.1, -0.05) is 11.0 Å². The Labute approximate surface area is 87.4 Å². The number of aromatic nitrogens is 1. The summed E-state index contributed by atoms with van der Waals surface area (Å²) < 4.78 is 0. The molecular formula is C10H10N4O. The molecule has 0 amide bonds. The molecule has 76 valence electrons. The topological polar surface area (TPSA) is 81.9 Å². The number of pyridine rings is 1. The molecule has 5 heteroatoms. The Balaban J connectivity index is 2.70. The van der Waals surface area contributed by atoms with Gasteiger partial charge in [-0.15, -0.1) is 0 Å². The Bertz CT molecular complexity index is 452. The Hall–Kier alpha value is -2.18. The maximum absolute atomic E-state index is 9.39. The third-order valence-corrected chi connectivity index (χ3v) is 1.62. The first-order valence-corrected chi connectivity index (χ1v) is 4.40. The van der Waals surface area contributed by atoms with Crippen LogP contribution in [0.4, 0.5) is 0 Å². The molecule has 15 heavy (non-hydrogen) atoms. The van der Waals surface area contributed by atoms with Crippen LogP contribution in [-0.2, 0) is 0 Å². The van der Waals surface area contributed by atoms with Crippen LogP contribution in [0, 0.1) is 18.8 Å². The van der Waals surface area contributed by atoms with E-state index >= 15 is 0 Å². The minimum Gasteiger partial charge on any atom is -0.505 e. The van der Waals surface area contributed by atoms with Gasteiger partial charge in [0.05, 0.1) is 0 Å². The Morgan fingerprint density at radius 1 is 1.60 bits per heavy atom. The average Bonchev–Trinajstić information content (AvgIpc) is 2.23. The standard InChI is InChI=1S/C10H10N4O/c1-8-5-6-10(15)9(13-8)4-2-3-7-12-14-11/h5-6,15H,3,7H2,1H3. The summed E-state index contributed by atoms with van der Waals surface area (Å²) in [5.74, 6) is 5.55. The number of rotatable bonds is 2. The molecule has 0 saturated heterocycles. The predicted molar refractivity (Wildman–Crippen MR) is 56.1 cm³/mol. The fraction of sp³-hybridized carbons (Fsp3) is 0.300. The predicted octanol–water partition coefficient (Wildman–Crippen LogP) is 2.15. The highest BCUT2D eigenvalue weighted by Gasteiger charge is 1.97. The summed E-state index contributed by atoms with van der Waals surface area (Å²) in [5, 5.41) is 12.7. The molecule has 0 bridgehead atoms. The fourth-order valence-electron chi connectivity index (χ4n) is 0.938. The van der Waals surface area contributed by atoms with Crippen LogP contribution in [0.2, 0.25) is 0 Å². The monoisotopic (exact) mass is 202 g/mol.